The number of nitrogens with zero attached hydrogens (tertiary/aromatic N) is 2. The number of benzene rings is 2. The largest absolute Gasteiger partial charge is 0.487 e. The number of para-hydroxylation sites is 1. The number of hydrogen-bond donors (Lipinski definition) is 2. The number of carbonyl (C=O) groups is 1. The summed E-state index contributed by atoms with van der Waals surface area (Å²) in [7, 11) is 0. The Bertz CT molecular complexity index is 1090. The molecule has 4 rings (SSSR count). The zero-order valence-corrected chi connectivity index (χ0v) is 16.3. The molecule has 0 unspecified atom stereocenters. The van der Waals surface area contributed by atoms with Crippen LogP contribution in [0.25, 0.3) is 10.9 Å². The highest BCUT2D eigenvalue weighted by Gasteiger charge is 2.08. The van der Waals surface area contributed by atoms with Crippen LogP contribution in [-0.2, 0) is 13.0 Å². The Morgan fingerprint density at radius 3 is 2.75 bits per heavy atom. The lowest BCUT2D eigenvalue weighted by Gasteiger charge is -2.07. The molecule has 142 valence electrons. The predicted octanol–water partition coefficient (Wildman–Crippen LogP) is 3.88. The van der Waals surface area contributed by atoms with E-state index in [2.05, 4.69) is 25.1 Å². The lowest BCUT2D eigenvalue weighted by molar-refractivity contribution is 0.0954. The summed E-state index contributed by atoms with van der Waals surface area (Å²) in [5.41, 5.74) is 4.65. The van der Waals surface area contributed by atoms with E-state index in [1.807, 2.05) is 31.3 Å². The first-order chi connectivity index (χ1) is 13.7. The van der Waals surface area contributed by atoms with Crippen LogP contribution in [-0.4, -0.2) is 26.2 Å². The summed E-state index contributed by atoms with van der Waals surface area (Å²) in [5, 5.41) is 4.17. The summed E-state index contributed by atoms with van der Waals surface area (Å²) in [4.78, 5) is 15.6. The van der Waals surface area contributed by atoms with Crippen molar-refractivity contribution in [3.8, 4) is 5.75 Å². The van der Waals surface area contributed by atoms with Crippen molar-refractivity contribution in [1.29, 1.82) is 0 Å². The van der Waals surface area contributed by atoms with E-state index < -0.39 is 0 Å². The monoisotopic (exact) mass is 392 g/mol. The van der Waals surface area contributed by atoms with Crippen LogP contribution in [0.3, 0.4) is 0 Å². The Morgan fingerprint density at radius 1 is 1.14 bits per heavy atom. The van der Waals surface area contributed by atoms with Crippen molar-refractivity contribution in [3.05, 3.63) is 77.2 Å². The summed E-state index contributed by atoms with van der Waals surface area (Å²) in [6.45, 7) is 2.86. The van der Waals surface area contributed by atoms with E-state index in [1.54, 1.807) is 24.3 Å². The Kier molecular flexibility index (Phi) is 5.34. The van der Waals surface area contributed by atoms with Crippen molar-refractivity contribution in [2.45, 2.75) is 20.0 Å². The molecular formula is C21H20N4O2S. The molecule has 0 spiro atoms. The molecule has 0 aliphatic heterocycles. The molecule has 0 aliphatic rings. The second-order valence-electron chi connectivity index (χ2n) is 6.47. The van der Waals surface area contributed by atoms with Gasteiger partial charge in [0.25, 0.3) is 5.91 Å². The van der Waals surface area contributed by atoms with Gasteiger partial charge in [0.15, 0.2) is 0 Å². The summed E-state index contributed by atoms with van der Waals surface area (Å²) in [6, 6.07) is 15.3. The summed E-state index contributed by atoms with van der Waals surface area (Å²) >= 11 is 1.18. The van der Waals surface area contributed by atoms with Crippen molar-refractivity contribution >= 4 is 28.5 Å². The van der Waals surface area contributed by atoms with Gasteiger partial charge in [0.2, 0.25) is 0 Å². The average molecular weight is 392 g/mol. The van der Waals surface area contributed by atoms with Gasteiger partial charge in [-0.3, -0.25) is 4.79 Å². The Labute approximate surface area is 166 Å². The quantitative estimate of drug-likeness (QED) is 0.500. The van der Waals surface area contributed by atoms with Crippen LogP contribution >= 0.6 is 11.7 Å². The maximum Gasteiger partial charge on any atom is 0.251 e. The highest BCUT2D eigenvalue weighted by atomic mass is 32.1. The van der Waals surface area contributed by atoms with E-state index in [1.165, 1.54) is 22.7 Å². The van der Waals surface area contributed by atoms with Crippen LogP contribution in [0.4, 0.5) is 0 Å². The number of ether oxygens (including phenoxy) is 1. The second-order valence-corrected chi connectivity index (χ2v) is 7.00. The van der Waals surface area contributed by atoms with Crippen LogP contribution in [0.2, 0.25) is 0 Å². The van der Waals surface area contributed by atoms with E-state index in [-0.39, 0.29) is 5.91 Å². The number of rotatable bonds is 7. The minimum Gasteiger partial charge on any atom is -0.487 e. The number of nitrogens with one attached hydrogen (secondary N) is 2. The minimum absolute atomic E-state index is 0.0917. The first-order valence-corrected chi connectivity index (χ1v) is 9.78. The molecule has 0 bridgehead atoms. The number of H-pyrrole nitrogens is 1. The van der Waals surface area contributed by atoms with Crippen molar-refractivity contribution in [3.63, 3.8) is 0 Å². The van der Waals surface area contributed by atoms with Gasteiger partial charge in [0, 0.05) is 29.2 Å². The molecule has 2 aromatic heterocycles. The van der Waals surface area contributed by atoms with Gasteiger partial charge in [-0.2, -0.15) is 8.75 Å². The van der Waals surface area contributed by atoms with E-state index >= 15 is 0 Å². The molecule has 2 N–H and O–H groups in total. The molecule has 0 aliphatic carbocycles. The first-order valence-electron chi connectivity index (χ1n) is 9.05. The highest BCUT2D eigenvalue weighted by Crippen LogP contribution is 2.18. The summed E-state index contributed by atoms with van der Waals surface area (Å²) in [6.07, 6.45) is 2.78. The molecule has 7 heteroatoms. The fourth-order valence-electron chi connectivity index (χ4n) is 2.99. The normalized spacial score (nSPS) is 10.9. The van der Waals surface area contributed by atoms with Crippen molar-refractivity contribution in [2.75, 3.05) is 6.54 Å². The van der Waals surface area contributed by atoms with Crippen LogP contribution in [0, 0.1) is 6.92 Å². The molecule has 0 radical (unpaired) electrons. The third kappa shape index (κ3) is 4.04. The van der Waals surface area contributed by atoms with E-state index in [0.29, 0.717) is 24.5 Å². The Hall–Kier alpha value is -3.19. The SMILES string of the molecule is Cc1nsnc1COc1ccc(C(=O)NCCc2c[nH]c3ccccc23)cc1. The molecular weight excluding hydrogens is 372 g/mol. The van der Waals surface area contributed by atoms with Crippen molar-refractivity contribution in [2.24, 2.45) is 0 Å². The Morgan fingerprint density at radius 2 is 1.96 bits per heavy atom. The van der Waals surface area contributed by atoms with Crippen LogP contribution in [0.1, 0.15) is 27.3 Å². The molecule has 0 saturated carbocycles. The van der Waals surface area contributed by atoms with Crippen LogP contribution < -0.4 is 10.1 Å². The number of aromatic amines is 1. The number of aryl methyl sites for hydroxylation is 1. The predicted molar refractivity (Wildman–Crippen MR) is 110 cm³/mol. The minimum atomic E-state index is -0.0917. The summed E-state index contributed by atoms with van der Waals surface area (Å²) < 4.78 is 14.0. The highest BCUT2D eigenvalue weighted by molar-refractivity contribution is 6.99. The number of hydrogen-bond acceptors (Lipinski definition) is 5. The van der Waals surface area contributed by atoms with Crippen molar-refractivity contribution < 1.29 is 9.53 Å². The maximum absolute atomic E-state index is 12.4. The fourth-order valence-corrected chi connectivity index (χ4v) is 3.54. The van der Waals surface area contributed by atoms with Gasteiger partial charge in [0.1, 0.15) is 18.1 Å². The molecule has 0 atom stereocenters. The molecule has 2 aromatic carbocycles. The Balaban J connectivity index is 1.29. The first kappa shape index (κ1) is 18.2. The molecule has 0 fully saturated rings. The number of fused-ring (bicyclic) bond motifs is 1. The number of amides is 1. The molecule has 28 heavy (non-hydrogen) atoms. The van der Waals surface area contributed by atoms with E-state index in [9.17, 15) is 4.79 Å². The number of aromatic nitrogens is 3. The van der Waals surface area contributed by atoms with Gasteiger partial charge in [-0.05, 0) is 49.2 Å². The second kappa shape index (κ2) is 8.22. The molecule has 6 nitrogen and oxygen atoms in total. The topological polar surface area (TPSA) is 79.9 Å². The number of carbonyl (C=O) groups excluding carboxylic acids is 1. The molecule has 4 aromatic rings. The fraction of sp³-hybridized carbons (Fsp3) is 0.190. The lowest BCUT2D eigenvalue weighted by Crippen LogP contribution is -2.25. The zero-order valence-electron chi connectivity index (χ0n) is 15.4. The molecule has 1 amide bonds. The van der Waals surface area contributed by atoms with Gasteiger partial charge < -0.3 is 15.0 Å². The van der Waals surface area contributed by atoms with E-state index in [0.717, 1.165) is 23.3 Å². The summed E-state index contributed by atoms with van der Waals surface area (Å²) in [5.74, 6) is 0.605. The average Bonchev–Trinajstić information content (AvgIpc) is 3.33. The van der Waals surface area contributed by atoms with Gasteiger partial charge >= 0.3 is 0 Å². The van der Waals surface area contributed by atoms with E-state index in [4.69, 9.17) is 4.74 Å². The van der Waals surface area contributed by atoms with Crippen LogP contribution in [0.5, 0.6) is 5.75 Å². The lowest BCUT2D eigenvalue weighted by atomic mass is 10.1. The zero-order chi connectivity index (χ0) is 19.3. The van der Waals surface area contributed by atoms with Gasteiger partial charge in [-0.1, -0.05) is 18.2 Å². The third-order valence-electron chi connectivity index (χ3n) is 4.59. The molecule has 0 saturated heterocycles. The molecule has 2 heterocycles. The third-order valence-corrected chi connectivity index (χ3v) is 5.25. The van der Waals surface area contributed by atoms with Gasteiger partial charge in [-0.25, -0.2) is 0 Å². The maximum atomic E-state index is 12.4. The standard InChI is InChI=1S/C21H20N4O2S/c1-14-20(25-28-24-14)13-27-17-8-6-15(7-9-17)21(26)22-11-10-16-12-23-19-5-3-2-4-18(16)19/h2-9,12,23H,10-11,13H2,1H3,(H,22,26). The van der Waals surface area contributed by atoms with Crippen molar-refractivity contribution in [1.82, 2.24) is 19.0 Å². The van der Waals surface area contributed by atoms with Gasteiger partial charge in [0.05, 0.1) is 17.4 Å². The van der Waals surface area contributed by atoms with Crippen LogP contribution in [0.15, 0.2) is 54.7 Å². The van der Waals surface area contributed by atoms with Gasteiger partial charge in [-0.15, -0.1) is 0 Å². The smallest absolute Gasteiger partial charge is 0.251 e.